The van der Waals surface area contributed by atoms with E-state index in [0.29, 0.717) is 12.8 Å². The molecule has 0 aliphatic rings. The number of hydrogen-bond acceptors (Lipinski definition) is 3. The van der Waals surface area contributed by atoms with Gasteiger partial charge in [-0.1, -0.05) is 93.2 Å². The number of rotatable bonds is 22. The van der Waals surface area contributed by atoms with Crippen molar-refractivity contribution in [1.29, 1.82) is 0 Å². The second kappa shape index (κ2) is 23.2. The molecule has 0 bridgehead atoms. The molecule has 256 valence electrons. The molecule has 0 radical (unpaired) electrons. The summed E-state index contributed by atoms with van der Waals surface area (Å²) >= 11 is 0. The van der Waals surface area contributed by atoms with Crippen LogP contribution in [0.4, 0.5) is 0 Å². The molecular formula is C41H68O3S. The summed E-state index contributed by atoms with van der Waals surface area (Å²) in [6.45, 7) is 23.6. The molecule has 0 spiro atoms. The Labute approximate surface area is 280 Å². The highest BCUT2D eigenvalue weighted by molar-refractivity contribution is 7.86. The molecule has 0 aromatic rings. The average Bonchev–Trinajstić information content (AvgIpc) is 2.89. The maximum atomic E-state index is 12.6. The molecule has 45 heavy (non-hydrogen) atoms. The molecule has 0 unspecified atom stereocenters. The van der Waals surface area contributed by atoms with E-state index in [2.05, 4.69) is 125 Å². The summed E-state index contributed by atoms with van der Waals surface area (Å²) in [5, 5.41) is 0. The molecule has 0 aromatic heterocycles. The van der Waals surface area contributed by atoms with Gasteiger partial charge in [-0.05, 0) is 140 Å². The van der Waals surface area contributed by atoms with Crippen molar-refractivity contribution in [3.8, 4) is 0 Å². The second-order valence-corrected chi connectivity index (χ2v) is 15.6. The van der Waals surface area contributed by atoms with Gasteiger partial charge in [0.15, 0.2) is 0 Å². The average molecular weight is 641 g/mol. The fourth-order valence-corrected chi connectivity index (χ4v) is 5.86. The van der Waals surface area contributed by atoms with Crippen LogP contribution in [0.1, 0.15) is 153 Å². The first kappa shape index (κ1) is 42.8. The molecular weight excluding hydrogens is 573 g/mol. The normalized spacial score (nSPS) is 15.1. The fourth-order valence-electron chi connectivity index (χ4n) is 5.08. The van der Waals surface area contributed by atoms with E-state index in [0.717, 1.165) is 69.8 Å². The summed E-state index contributed by atoms with van der Waals surface area (Å²) in [5.41, 5.74) is 9.59. The molecule has 0 aromatic carbocycles. The highest BCUT2D eigenvalue weighted by atomic mass is 32.2. The van der Waals surface area contributed by atoms with E-state index >= 15 is 0 Å². The van der Waals surface area contributed by atoms with Gasteiger partial charge in [0.25, 0.3) is 10.1 Å². The topological polar surface area (TPSA) is 43.4 Å². The van der Waals surface area contributed by atoms with Crippen molar-refractivity contribution in [2.24, 2.45) is 0 Å². The summed E-state index contributed by atoms with van der Waals surface area (Å²) in [4.78, 5) is 0. The molecule has 0 N–H and O–H groups in total. The molecule has 0 saturated heterocycles. The molecule has 0 aliphatic heterocycles. The Kier molecular flexibility index (Phi) is 22.1. The fraction of sp³-hybridized carbons (Fsp3) is 0.610. The number of hydrogen-bond donors (Lipinski definition) is 0. The van der Waals surface area contributed by atoms with Gasteiger partial charge in [-0.3, -0.25) is 4.18 Å². The molecule has 4 heteroatoms. The van der Waals surface area contributed by atoms with Crippen molar-refractivity contribution in [3.05, 3.63) is 93.2 Å². The molecule has 0 saturated carbocycles. The summed E-state index contributed by atoms with van der Waals surface area (Å²) in [5.74, 6) is 0. The maximum Gasteiger partial charge on any atom is 0.265 e. The zero-order chi connectivity index (χ0) is 34.5. The minimum atomic E-state index is -3.69. The molecule has 0 atom stereocenters. The van der Waals surface area contributed by atoms with Crippen LogP contribution in [-0.4, -0.2) is 20.3 Å². The van der Waals surface area contributed by atoms with Crippen LogP contribution in [0, 0.1) is 0 Å². The monoisotopic (exact) mass is 640 g/mol. The standard InChI is InChI=1S/C41H68O3S/c1-33(2)18-13-21-36(7)23-16-25-38(9)28-30-41(44-45(12,42)43,32-40(11)27-15-20-35(5)6)31-29-39(10)26-17-24-37(8)22-14-19-34(3)4/h18-20,23-24,28-29,32H,13-17,21-22,25-27,30-31H2,1-12H3/b36-23?,37-24?,38-28?,39-29?,40-32+. The molecule has 0 rings (SSSR count). The van der Waals surface area contributed by atoms with E-state index in [4.69, 9.17) is 4.18 Å². The Morgan fingerprint density at radius 1 is 0.467 bits per heavy atom. The summed E-state index contributed by atoms with van der Waals surface area (Å²) in [6, 6.07) is 0. The van der Waals surface area contributed by atoms with Gasteiger partial charge in [-0.2, -0.15) is 8.42 Å². The second-order valence-electron chi connectivity index (χ2n) is 14.0. The first-order valence-electron chi connectivity index (χ1n) is 17.0. The smallest absolute Gasteiger partial charge is 0.259 e. The van der Waals surface area contributed by atoms with E-state index in [-0.39, 0.29) is 0 Å². The predicted octanol–water partition coefficient (Wildman–Crippen LogP) is 13.0. The highest BCUT2D eigenvalue weighted by Gasteiger charge is 2.31. The molecule has 3 nitrogen and oxygen atoms in total. The van der Waals surface area contributed by atoms with Crippen LogP contribution in [0.5, 0.6) is 0 Å². The third kappa shape index (κ3) is 25.7. The Morgan fingerprint density at radius 2 is 0.756 bits per heavy atom. The number of allylic oxidation sites excluding steroid dienone is 13. The predicted molar refractivity (Wildman–Crippen MR) is 201 cm³/mol. The highest BCUT2D eigenvalue weighted by Crippen LogP contribution is 2.31. The van der Waals surface area contributed by atoms with Gasteiger partial charge in [0, 0.05) is 12.8 Å². The summed E-state index contributed by atoms with van der Waals surface area (Å²) in [6.07, 6.45) is 30.2. The molecule has 0 amide bonds. The van der Waals surface area contributed by atoms with E-state index < -0.39 is 15.7 Å². The Bertz CT molecular complexity index is 1170. The van der Waals surface area contributed by atoms with E-state index in [1.165, 1.54) is 45.3 Å². The Balaban J connectivity index is 5.98. The minimum absolute atomic E-state index is 0.516. The van der Waals surface area contributed by atoms with Gasteiger partial charge in [-0.25, -0.2) is 0 Å². The largest absolute Gasteiger partial charge is 0.265 e. The summed E-state index contributed by atoms with van der Waals surface area (Å²) in [7, 11) is -3.69. The van der Waals surface area contributed by atoms with Crippen molar-refractivity contribution in [2.45, 2.75) is 159 Å². The SMILES string of the molecule is CC(C)=CCCC(C)=CCCC(C)=CCC(/C=C(\C)CCC=C(C)C)(CC=C(C)CCC=C(C)CCC=C(C)C)OS(C)(=O)=O. The maximum absolute atomic E-state index is 12.6. The first-order chi connectivity index (χ1) is 20.9. The Hall–Kier alpha value is -2.17. The lowest BCUT2D eigenvalue weighted by Crippen LogP contribution is -2.32. The van der Waals surface area contributed by atoms with E-state index in [9.17, 15) is 8.42 Å². The molecule has 0 heterocycles. The van der Waals surface area contributed by atoms with Crippen LogP contribution in [0.15, 0.2) is 93.2 Å². The van der Waals surface area contributed by atoms with Crippen molar-refractivity contribution in [2.75, 3.05) is 6.26 Å². The molecule has 0 aliphatic carbocycles. The van der Waals surface area contributed by atoms with E-state index in [1.807, 2.05) is 0 Å². The first-order valence-corrected chi connectivity index (χ1v) is 18.9. The third-order valence-corrected chi connectivity index (χ3v) is 8.39. The van der Waals surface area contributed by atoms with Gasteiger partial charge >= 0.3 is 0 Å². The quantitative estimate of drug-likeness (QED) is 0.0873. The van der Waals surface area contributed by atoms with Crippen molar-refractivity contribution in [1.82, 2.24) is 0 Å². The van der Waals surface area contributed by atoms with E-state index in [1.54, 1.807) is 0 Å². The van der Waals surface area contributed by atoms with Crippen molar-refractivity contribution < 1.29 is 12.6 Å². The van der Waals surface area contributed by atoms with Crippen LogP contribution in [-0.2, 0) is 14.3 Å². The lowest BCUT2D eigenvalue weighted by Gasteiger charge is -2.29. The van der Waals surface area contributed by atoms with Crippen molar-refractivity contribution in [3.63, 3.8) is 0 Å². The van der Waals surface area contributed by atoms with Gasteiger partial charge in [0.2, 0.25) is 0 Å². The zero-order valence-corrected chi connectivity index (χ0v) is 32.1. The van der Waals surface area contributed by atoms with Gasteiger partial charge < -0.3 is 0 Å². The van der Waals surface area contributed by atoms with Gasteiger partial charge in [0.05, 0.1) is 6.26 Å². The summed E-state index contributed by atoms with van der Waals surface area (Å²) < 4.78 is 31.3. The van der Waals surface area contributed by atoms with Crippen LogP contribution in [0.3, 0.4) is 0 Å². The lowest BCUT2D eigenvalue weighted by atomic mass is 9.89. The van der Waals surface area contributed by atoms with Gasteiger partial charge in [0.1, 0.15) is 5.60 Å². The lowest BCUT2D eigenvalue weighted by molar-refractivity contribution is 0.134. The third-order valence-electron chi connectivity index (χ3n) is 7.76. The van der Waals surface area contributed by atoms with Crippen LogP contribution < -0.4 is 0 Å². The Morgan fingerprint density at radius 3 is 1.07 bits per heavy atom. The minimum Gasteiger partial charge on any atom is -0.259 e. The van der Waals surface area contributed by atoms with Crippen LogP contribution >= 0.6 is 0 Å². The zero-order valence-electron chi connectivity index (χ0n) is 31.2. The van der Waals surface area contributed by atoms with Crippen LogP contribution in [0.2, 0.25) is 0 Å². The van der Waals surface area contributed by atoms with Crippen molar-refractivity contribution >= 4 is 10.1 Å². The molecule has 0 fully saturated rings. The van der Waals surface area contributed by atoms with Gasteiger partial charge in [-0.15, -0.1) is 0 Å². The van der Waals surface area contributed by atoms with Crippen LogP contribution in [0.25, 0.3) is 0 Å².